The second kappa shape index (κ2) is 11.5. The van der Waals surface area contributed by atoms with Crippen LogP contribution in [-0.4, -0.2) is 51.2 Å². The molecule has 40 heavy (non-hydrogen) atoms. The van der Waals surface area contributed by atoms with Crippen molar-refractivity contribution in [3.63, 3.8) is 0 Å². The number of carbonyl (C=O) groups excluding carboxylic acids is 4. The first kappa shape index (κ1) is 28.2. The molecule has 0 fully saturated rings. The summed E-state index contributed by atoms with van der Waals surface area (Å²) in [7, 11) is 1.28. The Morgan fingerprint density at radius 2 is 1.65 bits per heavy atom. The van der Waals surface area contributed by atoms with Gasteiger partial charge in [0.2, 0.25) is 11.8 Å². The van der Waals surface area contributed by atoms with Gasteiger partial charge >= 0.3 is 5.97 Å². The number of esters is 1. The number of rotatable bonds is 8. The van der Waals surface area contributed by atoms with Crippen LogP contribution in [0.15, 0.2) is 72.8 Å². The summed E-state index contributed by atoms with van der Waals surface area (Å²) in [6, 6.07) is 19.0. The molecule has 0 unspecified atom stereocenters. The average Bonchev–Trinajstić information content (AvgIpc) is 3.32. The highest BCUT2D eigenvalue weighted by atomic mass is 16.5. The van der Waals surface area contributed by atoms with E-state index in [1.807, 2.05) is 32.9 Å². The Morgan fingerprint density at radius 3 is 2.30 bits per heavy atom. The third-order valence-corrected chi connectivity index (χ3v) is 6.16. The van der Waals surface area contributed by atoms with Gasteiger partial charge in [0.1, 0.15) is 18.1 Å². The van der Waals surface area contributed by atoms with E-state index >= 15 is 0 Å². The molecule has 1 aromatic heterocycles. The van der Waals surface area contributed by atoms with Crippen LogP contribution in [0.5, 0.6) is 0 Å². The van der Waals surface area contributed by atoms with Gasteiger partial charge < -0.3 is 10.1 Å². The normalized spacial score (nSPS) is 12.0. The number of hydrogen-bond donors (Lipinski definition) is 1. The number of methoxy groups -OCH3 is 1. The Labute approximate surface area is 231 Å². The maximum absolute atomic E-state index is 14.1. The van der Waals surface area contributed by atoms with Crippen LogP contribution in [0.1, 0.15) is 60.0 Å². The van der Waals surface area contributed by atoms with Crippen molar-refractivity contribution in [3.05, 3.63) is 89.5 Å². The molecule has 1 atom stereocenters. The molecule has 3 aromatic carbocycles. The topological polar surface area (TPSA) is 123 Å². The Balaban J connectivity index is 1.86. The van der Waals surface area contributed by atoms with Gasteiger partial charge in [0, 0.05) is 16.8 Å². The highest BCUT2D eigenvalue weighted by Gasteiger charge is 2.35. The molecule has 4 rings (SSSR count). The van der Waals surface area contributed by atoms with Gasteiger partial charge in [-0.2, -0.15) is 0 Å². The maximum atomic E-state index is 14.1. The summed E-state index contributed by atoms with van der Waals surface area (Å²) in [5.41, 5.74) is 2.17. The molecule has 0 aliphatic carbocycles. The van der Waals surface area contributed by atoms with Crippen LogP contribution in [0.2, 0.25) is 0 Å². The van der Waals surface area contributed by atoms with Crippen LogP contribution < -0.4 is 10.2 Å². The lowest BCUT2D eigenvalue weighted by Gasteiger charge is -2.34. The van der Waals surface area contributed by atoms with E-state index in [0.717, 1.165) is 0 Å². The van der Waals surface area contributed by atoms with Gasteiger partial charge in [-0.25, -0.2) is 9.48 Å². The molecule has 10 heteroatoms. The Bertz CT molecular complexity index is 1570. The number of anilines is 1. The zero-order chi connectivity index (χ0) is 29.0. The van der Waals surface area contributed by atoms with Gasteiger partial charge in [-0.1, -0.05) is 41.6 Å². The predicted octanol–water partition coefficient (Wildman–Crippen LogP) is 4.11. The number of hydrogen-bond acceptors (Lipinski definition) is 7. The summed E-state index contributed by atoms with van der Waals surface area (Å²) in [4.78, 5) is 53.7. The molecular weight excluding hydrogens is 510 g/mol. The molecule has 2 amide bonds. The van der Waals surface area contributed by atoms with E-state index in [-0.39, 0.29) is 12.3 Å². The van der Waals surface area contributed by atoms with Crippen LogP contribution in [0, 0.1) is 0 Å². The quantitative estimate of drug-likeness (QED) is 0.263. The SMILES string of the molecule is COC(=O)c1ccc([C@@H](C(=O)NC(C)(C)C)N(C(=O)Cn2nnc3ccccc32)c2cccc(C(C)=O)c2)cc1. The first-order valence-electron chi connectivity index (χ1n) is 12.7. The summed E-state index contributed by atoms with van der Waals surface area (Å²) in [5, 5.41) is 11.3. The standard InChI is InChI=1S/C30H31N5O5/c1-19(36)22-9-8-10-23(17-22)35(26(37)18-34-25-12-7-6-11-24(25)32-33-34)27(28(38)31-30(2,3)4)20-13-15-21(16-14-20)29(39)40-5/h6-17,27H,18H2,1-5H3,(H,31,38)/t27-/m0/s1. The van der Waals surface area contributed by atoms with Crippen LogP contribution in [0.3, 0.4) is 0 Å². The lowest BCUT2D eigenvalue weighted by atomic mass is 9.99. The fourth-order valence-electron chi connectivity index (χ4n) is 4.33. The van der Waals surface area contributed by atoms with Crippen LogP contribution in [-0.2, 0) is 20.9 Å². The number of ether oxygens (including phenoxy) is 1. The van der Waals surface area contributed by atoms with Crippen molar-refractivity contribution in [3.8, 4) is 0 Å². The van der Waals surface area contributed by atoms with Crippen LogP contribution >= 0.6 is 0 Å². The maximum Gasteiger partial charge on any atom is 0.337 e. The summed E-state index contributed by atoms with van der Waals surface area (Å²) in [6.07, 6.45) is 0. The Hall–Kier alpha value is -4.86. The highest BCUT2D eigenvalue weighted by molar-refractivity contribution is 6.03. The average molecular weight is 542 g/mol. The van der Waals surface area contributed by atoms with Gasteiger partial charge in [0.15, 0.2) is 5.78 Å². The number of fused-ring (bicyclic) bond motifs is 1. The van der Waals surface area contributed by atoms with E-state index in [9.17, 15) is 19.2 Å². The van der Waals surface area contributed by atoms with Gasteiger partial charge in [-0.3, -0.25) is 19.3 Å². The fraction of sp³-hybridized carbons (Fsp3) is 0.267. The van der Waals surface area contributed by atoms with E-state index < -0.39 is 29.4 Å². The number of ketones is 1. The molecule has 1 N–H and O–H groups in total. The zero-order valence-corrected chi connectivity index (χ0v) is 23.0. The number of nitrogens with one attached hydrogen (secondary N) is 1. The number of carbonyl (C=O) groups is 4. The van der Waals surface area contributed by atoms with Crippen molar-refractivity contribution in [1.29, 1.82) is 0 Å². The molecular formula is C30H31N5O5. The van der Waals surface area contributed by atoms with Gasteiger partial charge in [0.05, 0.1) is 18.2 Å². The van der Waals surface area contributed by atoms with Crippen molar-refractivity contribution >= 4 is 40.3 Å². The summed E-state index contributed by atoms with van der Waals surface area (Å²) in [6.45, 7) is 6.73. The second-order valence-electron chi connectivity index (χ2n) is 10.4. The lowest BCUT2D eigenvalue weighted by molar-refractivity contribution is -0.128. The van der Waals surface area contributed by atoms with E-state index in [1.165, 1.54) is 35.7 Å². The van der Waals surface area contributed by atoms with Crippen molar-refractivity contribution in [2.75, 3.05) is 12.0 Å². The molecule has 0 spiro atoms. The first-order valence-corrected chi connectivity index (χ1v) is 12.7. The molecule has 0 saturated heterocycles. The Morgan fingerprint density at radius 1 is 0.950 bits per heavy atom. The second-order valence-corrected chi connectivity index (χ2v) is 10.4. The molecule has 0 bridgehead atoms. The van der Waals surface area contributed by atoms with Crippen molar-refractivity contribution in [2.45, 2.75) is 45.8 Å². The number of amides is 2. The molecule has 0 saturated carbocycles. The largest absolute Gasteiger partial charge is 0.465 e. The van der Waals surface area contributed by atoms with Gasteiger partial charge in [0.25, 0.3) is 0 Å². The monoisotopic (exact) mass is 541 g/mol. The third kappa shape index (κ3) is 6.23. The smallest absolute Gasteiger partial charge is 0.337 e. The van der Waals surface area contributed by atoms with Crippen molar-refractivity contribution in [2.24, 2.45) is 0 Å². The summed E-state index contributed by atoms with van der Waals surface area (Å²) < 4.78 is 6.27. The molecule has 0 aliphatic rings. The van der Waals surface area contributed by atoms with E-state index in [2.05, 4.69) is 15.6 Å². The predicted molar refractivity (Wildman–Crippen MR) is 150 cm³/mol. The lowest BCUT2D eigenvalue weighted by Crippen LogP contribution is -2.50. The van der Waals surface area contributed by atoms with Crippen molar-refractivity contribution in [1.82, 2.24) is 20.3 Å². The zero-order valence-electron chi connectivity index (χ0n) is 23.0. The van der Waals surface area contributed by atoms with Crippen molar-refractivity contribution < 1.29 is 23.9 Å². The third-order valence-electron chi connectivity index (χ3n) is 6.16. The van der Waals surface area contributed by atoms with E-state index in [0.29, 0.717) is 33.4 Å². The Kier molecular flexibility index (Phi) is 8.08. The van der Waals surface area contributed by atoms with Gasteiger partial charge in [-0.15, -0.1) is 5.10 Å². The molecule has 206 valence electrons. The van der Waals surface area contributed by atoms with E-state index in [1.54, 1.807) is 48.5 Å². The minimum Gasteiger partial charge on any atom is -0.465 e. The molecule has 10 nitrogen and oxygen atoms in total. The van der Waals surface area contributed by atoms with E-state index in [4.69, 9.17) is 4.74 Å². The summed E-state index contributed by atoms with van der Waals surface area (Å²) in [5.74, 6) is -1.61. The minimum absolute atomic E-state index is 0.186. The highest BCUT2D eigenvalue weighted by Crippen LogP contribution is 2.30. The number of nitrogens with zero attached hydrogens (tertiary/aromatic N) is 4. The number of aromatic nitrogens is 3. The number of para-hydroxylation sites is 1. The molecule has 0 aliphatic heterocycles. The van der Waals surface area contributed by atoms with Crippen LogP contribution in [0.25, 0.3) is 11.0 Å². The first-order chi connectivity index (χ1) is 19.0. The van der Waals surface area contributed by atoms with Gasteiger partial charge in [-0.05, 0) is 69.7 Å². The fourth-order valence-corrected chi connectivity index (χ4v) is 4.33. The molecule has 1 heterocycles. The summed E-state index contributed by atoms with van der Waals surface area (Å²) >= 11 is 0. The van der Waals surface area contributed by atoms with Crippen LogP contribution in [0.4, 0.5) is 5.69 Å². The number of benzene rings is 3. The number of Topliss-reactive ketones (excluding diaryl/α,β-unsaturated/α-hetero) is 1. The minimum atomic E-state index is -1.14. The molecule has 4 aromatic rings. The molecule has 0 radical (unpaired) electrons.